The zero-order chi connectivity index (χ0) is 16.3. The van der Waals surface area contributed by atoms with Crippen molar-refractivity contribution in [3.05, 3.63) is 29.3 Å². The van der Waals surface area contributed by atoms with Gasteiger partial charge in [-0.25, -0.2) is 13.1 Å². The monoisotopic (exact) mass is 324 g/mol. The Labute approximate surface area is 122 Å². The second-order valence-corrected chi connectivity index (χ2v) is 6.75. The SMILES string of the molecule is Cc1c(CNC(C)C)cccc1S(=O)(=O)NCC(F)(F)F. The van der Waals surface area contributed by atoms with Gasteiger partial charge in [0.1, 0.15) is 6.54 Å². The smallest absolute Gasteiger partial charge is 0.310 e. The number of benzene rings is 1. The minimum absolute atomic E-state index is 0.130. The fourth-order valence-corrected chi connectivity index (χ4v) is 3.01. The lowest BCUT2D eigenvalue weighted by molar-refractivity contribution is -0.121. The Morgan fingerprint density at radius 1 is 1.24 bits per heavy atom. The molecule has 1 aromatic carbocycles. The molecule has 0 saturated carbocycles. The Kier molecular flexibility index (Phi) is 5.77. The minimum atomic E-state index is -4.59. The van der Waals surface area contributed by atoms with Crippen LogP contribution in [-0.4, -0.2) is 27.2 Å². The van der Waals surface area contributed by atoms with Crippen LogP contribution in [0.2, 0.25) is 0 Å². The van der Waals surface area contributed by atoms with E-state index in [9.17, 15) is 21.6 Å². The molecule has 0 unspecified atom stereocenters. The van der Waals surface area contributed by atoms with Crippen molar-refractivity contribution in [2.75, 3.05) is 6.54 Å². The first kappa shape index (κ1) is 17.9. The van der Waals surface area contributed by atoms with Gasteiger partial charge in [-0.1, -0.05) is 26.0 Å². The summed E-state index contributed by atoms with van der Waals surface area (Å²) in [5.41, 5.74) is 1.18. The molecule has 0 aliphatic carbocycles. The zero-order valence-electron chi connectivity index (χ0n) is 12.1. The van der Waals surface area contributed by atoms with Gasteiger partial charge in [0.25, 0.3) is 0 Å². The van der Waals surface area contributed by atoms with Crippen molar-refractivity contribution in [1.29, 1.82) is 0 Å². The molecule has 120 valence electrons. The highest BCUT2D eigenvalue weighted by Crippen LogP contribution is 2.20. The van der Waals surface area contributed by atoms with Gasteiger partial charge in [0, 0.05) is 12.6 Å². The molecule has 0 radical (unpaired) electrons. The Morgan fingerprint density at radius 3 is 2.38 bits per heavy atom. The highest BCUT2D eigenvalue weighted by Gasteiger charge is 2.30. The van der Waals surface area contributed by atoms with E-state index in [1.165, 1.54) is 12.1 Å². The molecule has 0 amide bonds. The third-order valence-electron chi connectivity index (χ3n) is 2.85. The quantitative estimate of drug-likeness (QED) is 0.844. The molecule has 1 rings (SSSR count). The van der Waals surface area contributed by atoms with E-state index in [-0.39, 0.29) is 10.9 Å². The van der Waals surface area contributed by atoms with E-state index in [0.29, 0.717) is 12.1 Å². The Morgan fingerprint density at radius 2 is 1.86 bits per heavy atom. The second kappa shape index (κ2) is 6.76. The van der Waals surface area contributed by atoms with E-state index in [0.717, 1.165) is 5.56 Å². The highest BCUT2D eigenvalue weighted by atomic mass is 32.2. The van der Waals surface area contributed by atoms with E-state index >= 15 is 0 Å². The first-order valence-corrected chi connectivity index (χ1v) is 7.89. The molecule has 1 aromatic rings. The van der Waals surface area contributed by atoms with E-state index < -0.39 is 22.7 Å². The summed E-state index contributed by atoms with van der Waals surface area (Å²) in [6.45, 7) is 4.34. The van der Waals surface area contributed by atoms with Crippen LogP contribution in [0.15, 0.2) is 23.1 Å². The minimum Gasteiger partial charge on any atom is -0.310 e. The van der Waals surface area contributed by atoms with Gasteiger partial charge in [-0.05, 0) is 24.1 Å². The van der Waals surface area contributed by atoms with E-state index in [1.807, 2.05) is 13.8 Å². The zero-order valence-corrected chi connectivity index (χ0v) is 12.9. The second-order valence-electron chi connectivity index (χ2n) is 5.02. The maximum absolute atomic E-state index is 12.2. The van der Waals surface area contributed by atoms with Gasteiger partial charge in [-0.2, -0.15) is 13.2 Å². The number of nitrogens with one attached hydrogen (secondary N) is 2. The summed E-state index contributed by atoms with van der Waals surface area (Å²) in [6.07, 6.45) is -4.59. The summed E-state index contributed by atoms with van der Waals surface area (Å²) >= 11 is 0. The van der Waals surface area contributed by atoms with E-state index in [2.05, 4.69) is 5.32 Å². The molecule has 21 heavy (non-hydrogen) atoms. The van der Waals surface area contributed by atoms with Crippen molar-refractivity contribution >= 4 is 10.0 Å². The maximum atomic E-state index is 12.2. The summed E-state index contributed by atoms with van der Waals surface area (Å²) in [4.78, 5) is -0.130. The third-order valence-corrected chi connectivity index (χ3v) is 4.39. The average molecular weight is 324 g/mol. The van der Waals surface area contributed by atoms with Crippen molar-refractivity contribution in [2.45, 2.75) is 44.4 Å². The van der Waals surface area contributed by atoms with Gasteiger partial charge in [-0.15, -0.1) is 0 Å². The number of rotatable bonds is 6. The van der Waals surface area contributed by atoms with Crippen LogP contribution in [0, 0.1) is 6.92 Å². The Bertz CT molecular complexity index is 584. The van der Waals surface area contributed by atoms with E-state index in [1.54, 1.807) is 17.7 Å². The lowest BCUT2D eigenvalue weighted by Crippen LogP contribution is -2.34. The van der Waals surface area contributed by atoms with Crippen LogP contribution in [0.3, 0.4) is 0 Å². The number of alkyl halides is 3. The normalized spacial score (nSPS) is 12.9. The molecule has 0 heterocycles. The lowest BCUT2D eigenvalue weighted by Gasteiger charge is -2.15. The van der Waals surface area contributed by atoms with Crippen molar-refractivity contribution in [2.24, 2.45) is 0 Å². The first-order chi connectivity index (χ1) is 9.53. The van der Waals surface area contributed by atoms with E-state index in [4.69, 9.17) is 0 Å². The predicted octanol–water partition coefficient (Wildman–Crippen LogP) is 2.33. The van der Waals surface area contributed by atoms with Crippen molar-refractivity contribution < 1.29 is 21.6 Å². The van der Waals surface area contributed by atoms with Gasteiger partial charge < -0.3 is 5.32 Å². The van der Waals surface area contributed by atoms with Crippen LogP contribution in [0.5, 0.6) is 0 Å². The summed E-state index contributed by atoms with van der Waals surface area (Å²) in [7, 11) is -4.18. The standard InChI is InChI=1S/C13H19F3N2O2S/c1-9(2)17-7-11-5-4-6-12(10(11)3)21(19,20)18-8-13(14,15)16/h4-6,9,17-18H,7-8H2,1-3H3. The predicted molar refractivity (Wildman–Crippen MR) is 74.4 cm³/mol. The van der Waals surface area contributed by atoms with Gasteiger partial charge >= 0.3 is 6.18 Å². The van der Waals surface area contributed by atoms with Crippen molar-refractivity contribution in [3.63, 3.8) is 0 Å². The molecule has 0 saturated heterocycles. The molecule has 0 atom stereocenters. The molecule has 0 spiro atoms. The number of sulfonamides is 1. The first-order valence-electron chi connectivity index (χ1n) is 6.41. The molecule has 0 aliphatic rings. The largest absolute Gasteiger partial charge is 0.402 e. The van der Waals surface area contributed by atoms with Crippen LogP contribution < -0.4 is 10.0 Å². The fraction of sp³-hybridized carbons (Fsp3) is 0.538. The van der Waals surface area contributed by atoms with Crippen LogP contribution in [-0.2, 0) is 16.6 Å². The number of halogens is 3. The van der Waals surface area contributed by atoms with Gasteiger partial charge in [-0.3, -0.25) is 0 Å². The lowest BCUT2D eigenvalue weighted by atomic mass is 10.1. The Balaban J connectivity index is 2.99. The number of hydrogen-bond acceptors (Lipinski definition) is 3. The van der Waals surface area contributed by atoms with Gasteiger partial charge in [0.2, 0.25) is 10.0 Å². The van der Waals surface area contributed by atoms with Crippen molar-refractivity contribution in [3.8, 4) is 0 Å². The molecule has 2 N–H and O–H groups in total. The van der Waals surface area contributed by atoms with Crippen LogP contribution in [0.4, 0.5) is 13.2 Å². The molecule has 0 aromatic heterocycles. The molecule has 0 aliphatic heterocycles. The molecule has 8 heteroatoms. The molecule has 4 nitrogen and oxygen atoms in total. The fourth-order valence-electron chi connectivity index (χ4n) is 1.71. The number of hydrogen-bond donors (Lipinski definition) is 2. The summed E-state index contributed by atoms with van der Waals surface area (Å²) in [5.74, 6) is 0. The molecule has 0 fully saturated rings. The summed E-state index contributed by atoms with van der Waals surface area (Å²) in [6, 6.07) is 4.78. The molecule has 0 bridgehead atoms. The van der Waals surface area contributed by atoms with Gasteiger partial charge in [0.15, 0.2) is 0 Å². The Hall–Kier alpha value is -1.12. The van der Waals surface area contributed by atoms with Crippen LogP contribution >= 0.6 is 0 Å². The molecular formula is C13H19F3N2O2S. The molecular weight excluding hydrogens is 305 g/mol. The van der Waals surface area contributed by atoms with Crippen LogP contribution in [0.1, 0.15) is 25.0 Å². The van der Waals surface area contributed by atoms with Crippen LogP contribution in [0.25, 0.3) is 0 Å². The topological polar surface area (TPSA) is 58.2 Å². The highest BCUT2D eigenvalue weighted by molar-refractivity contribution is 7.89. The average Bonchev–Trinajstić information content (AvgIpc) is 2.34. The van der Waals surface area contributed by atoms with Crippen molar-refractivity contribution in [1.82, 2.24) is 10.0 Å². The third kappa shape index (κ3) is 5.64. The maximum Gasteiger partial charge on any atom is 0.402 e. The summed E-state index contributed by atoms with van der Waals surface area (Å²) in [5, 5.41) is 3.14. The summed E-state index contributed by atoms with van der Waals surface area (Å²) < 4.78 is 62.0. The van der Waals surface area contributed by atoms with Gasteiger partial charge in [0.05, 0.1) is 4.90 Å².